The molecule has 0 bridgehead atoms. The Morgan fingerprint density at radius 1 is 1.27 bits per heavy atom. The highest BCUT2D eigenvalue weighted by Gasteiger charge is 1.95. The molecule has 0 heterocycles. The van der Waals surface area contributed by atoms with E-state index >= 15 is 0 Å². The molecule has 0 spiro atoms. The summed E-state index contributed by atoms with van der Waals surface area (Å²) in [6.45, 7) is 3.30. The largest absolute Gasteiger partial charge is 0.480 e. The summed E-state index contributed by atoms with van der Waals surface area (Å²) < 4.78 is 0. The quantitative estimate of drug-likeness (QED) is 0.718. The zero-order valence-corrected chi connectivity index (χ0v) is 8.86. The molecular formula is C11H15NO3. The lowest BCUT2D eigenvalue weighted by molar-refractivity contribution is -0.135. The molecule has 0 amide bonds. The van der Waals surface area contributed by atoms with Gasteiger partial charge in [-0.25, -0.2) is 0 Å². The molecule has 1 aromatic rings. The average molecular weight is 209 g/mol. The smallest absolute Gasteiger partial charge is 0.317 e. The molecule has 0 fully saturated rings. The number of carboxylic acids is 1. The fourth-order valence-electron chi connectivity index (χ4n) is 0.788. The van der Waals surface area contributed by atoms with Gasteiger partial charge in [-0.3, -0.25) is 9.59 Å². The van der Waals surface area contributed by atoms with Crippen LogP contribution in [0.4, 0.5) is 0 Å². The molecule has 0 aliphatic rings. The van der Waals surface area contributed by atoms with Crippen LogP contribution >= 0.6 is 0 Å². The number of carboxylic acid groups (broad SMARTS) is 1. The van der Waals surface area contributed by atoms with Gasteiger partial charge < -0.3 is 10.8 Å². The second kappa shape index (κ2) is 6.73. The van der Waals surface area contributed by atoms with Crippen molar-refractivity contribution in [1.29, 1.82) is 0 Å². The SMILES string of the molecule is CC(=O)c1ccc(C)cc1.NCC(=O)O. The number of hydrogen-bond acceptors (Lipinski definition) is 3. The van der Waals surface area contributed by atoms with E-state index in [1.54, 1.807) is 6.92 Å². The molecule has 3 N–H and O–H groups in total. The molecule has 0 radical (unpaired) electrons. The van der Waals surface area contributed by atoms with E-state index in [1.807, 2.05) is 31.2 Å². The maximum absolute atomic E-state index is 10.8. The maximum Gasteiger partial charge on any atom is 0.317 e. The highest BCUT2D eigenvalue weighted by Crippen LogP contribution is 2.02. The number of aryl methyl sites for hydroxylation is 1. The van der Waals surface area contributed by atoms with Crippen molar-refractivity contribution in [3.63, 3.8) is 0 Å². The Morgan fingerprint density at radius 2 is 1.67 bits per heavy atom. The number of rotatable bonds is 2. The van der Waals surface area contributed by atoms with Crippen LogP contribution in [0.25, 0.3) is 0 Å². The topological polar surface area (TPSA) is 80.4 Å². The highest BCUT2D eigenvalue weighted by atomic mass is 16.4. The summed E-state index contributed by atoms with van der Waals surface area (Å²) in [7, 11) is 0. The first-order valence-electron chi connectivity index (χ1n) is 4.47. The summed E-state index contributed by atoms with van der Waals surface area (Å²) in [5.41, 5.74) is 6.54. The predicted octanol–water partition coefficient (Wildman–Crippen LogP) is 1.23. The molecule has 0 saturated heterocycles. The first-order chi connectivity index (χ1) is 6.97. The normalized spacial score (nSPS) is 8.73. The van der Waals surface area contributed by atoms with Gasteiger partial charge in [0.1, 0.15) is 0 Å². The van der Waals surface area contributed by atoms with Crippen molar-refractivity contribution in [2.75, 3.05) is 6.54 Å². The maximum atomic E-state index is 10.8. The Hall–Kier alpha value is -1.68. The molecule has 0 saturated carbocycles. The van der Waals surface area contributed by atoms with Gasteiger partial charge in [0.2, 0.25) is 0 Å². The van der Waals surface area contributed by atoms with E-state index in [4.69, 9.17) is 5.11 Å². The molecule has 4 nitrogen and oxygen atoms in total. The Morgan fingerprint density at radius 3 is 1.93 bits per heavy atom. The standard InChI is InChI=1S/C9H10O.C2H5NO2/c1-7-3-5-9(6-4-7)8(2)10;3-1-2(4)5/h3-6H,1-2H3;1,3H2,(H,4,5). The van der Waals surface area contributed by atoms with E-state index in [0.29, 0.717) is 0 Å². The third kappa shape index (κ3) is 6.40. The van der Waals surface area contributed by atoms with Crippen LogP contribution in [0.5, 0.6) is 0 Å². The third-order valence-electron chi connectivity index (χ3n) is 1.63. The molecule has 0 atom stereocenters. The molecular weight excluding hydrogens is 194 g/mol. The van der Waals surface area contributed by atoms with Crippen molar-refractivity contribution in [2.24, 2.45) is 5.73 Å². The second-order valence-electron chi connectivity index (χ2n) is 3.02. The average Bonchev–Trinajstić information content (AvgIpc) is 2.19. The Balaban J connectivity index is 0.000000336. The van der Waals surface area contributed by atoms with Gasteiger partial charge >= 0.3 is 5.97 Å². The number of carbonyl (C=O) groups excluding carboxylic acids is 1. The number of ketones is 1. The minimum Gasteiger partial charge on any atom is -0.480 e. The lowest BCUT2D eigenvalue weighted by Crippen LogP contribution is -2.10. The van der Waals surface area contributed by atoms with E-state index in [-0.39, 0.29) is 12.3 Å². The Bertz CT molecular complexity index is 330. The molecule has 1 rings (SSSR count). The van der Waals surface area contributed by atoms with E-state index in [0.717, 1.165) is 5.56 Å². The number of nitrogens with two attached hydrogens (primary N) is 1. The van der Waals surface area contributed by atoms with Crippen LogP contribution in [0.3, 0.4) is 0 Å². The predicted molar refractivity (Wildman–Crippen MR) is 57.9 cm³/mol. The van der Waals surface area contributed by atoms with E-state index < -0.39 is 5.97 Å². The van der Waals surface area contributed by atoms with E-state index in [2.05, 4.69) is 5.73 Å². The zero-order chi connectivity index (χ0) is 11.8. The number of hydrogen-bond donors (Lipinski definition) is 2. The van der Waals surface area contributed by atoms with Crippen molar-refractivity contribution in [3.8, 4) is 0 Å². The molecule has 15 heavy (non-hydrogen) atoms. The van der Waals surface area contributed by atoms with Crippen LogP contribution in [0.15, 0.2) is 24.3 Å². The lowest BCUT2D eigenvalue weighted by atomic mass is 10.1. The first-order valence-corrected chi connectivity index (χ1v) is 4.47. The summed E-state index contributed by atoms with van der Waals surface area (Å²) in [5, 5.41) is 7.60. The van der Waals surface area contributed by atoms with Crippen molar-refractivity contribution in [3.05, 3.63) is 35.4 Å². The summed E-state index contributed by atoms with van der Waals surface area (Å²) in [4.78, 5) is 20.0. The van der Waals surface area contributed by atoms with Gasteiger partial charge in [-0.15, -0.1) is 0 Å². The van der Waals surface area contributed by atoms with Gasteiger partial charge in [0, 0.05) is 5.56 Å². The highest BCUT2D eigenvalue weighted by molar-refractivity contribution is 5.93. The second-order valence-corrected chi connectivity index (χ2v) is 3.02. The summed E-state index contributed by atoms with van der Waals surface area (Å²) >= 11 is 0. The van der Waals surface area contributed by atoms with Crippen LogP contribution in [0, 0.1) is 6.92 Å². The van der Waals surface area contributed by atoms with Crippen molar-refractivity contribution in [2.45, 2.75) is 13.8 Å². The van der Waals surface area contributed by atoms with Gasteiger partial charge in [0.05, 0.1) is 6.54 Å². The van der Waals surface area contributed by atoms with Crippen LogP contribution in [0.2, 0.25) is 0 Å². The van der Waals surface area contributed by atoms with Crippen LogP contribution in [-0.2, 0) is 4.79 Å². The van der Waals surface area contributed by atoms with Gasteiger partial charge in [-0.2, -0.15) is 0 Å². The lowest BCUT2D eigenvalue weighted by Gasteiger charge is -1.93. The van der Waals surface area contributed by atoms with Gasteiger partial charge in [-0.1, -0.05) is 29.8 Å². The molecule has 0 aromatic heterocycles. The Labute approximate surface area is 88.7 Å². The summed E-state index contributed by atoms with van der Waals surface area (Å²) in [6, 6.07) is 7.57. The number of carbonyl (C=O) groups is 2. The molecule has 1 aromatic carbocycles. The summed E-state index contributed by atoms with van der Waals surface area (Å²) in [6.07, 6.45) is 0. The fraction of sp³-hybridized carbons (Fsp3) is 0.273. The van der Waals surface area contributed by atoms with Crippen molar-refractivity contribution in [1.82, 2.24) is 0 Å². The third-order valence-corrected chi connectivity index (χ3v) is 1.63. The van der Waals surface area contributed by atoms with Crippen molar-refractivity contribution >= 4 is 11.8 Å². The van der Waals surface area contributed by atoms with Gasteiger partial charge in [-0.05, 0) is 13.8 Å². The molecule has 82 valence electrons. The zero-order valence-electron chi connectivity index (χ0n) is 8.86. The van der Waals surface area contributed by atoms with Crippen molar-refractivity contribution < 1.29 is 14.7 Å². The van der Waals surface area contributed by atoms with Crippen LogP contribution in [0.1, 0.15) is 22.8 Å². The fourth-order valence-corrected chi connectivity index (χ4v) is 0.788. The summed E-state index contributed by atoms with van der Waals surface area (Å²) in [5.74, 6) is -0.843. The number of benzene rings is 1. The minimum atomic E-state index is -0.968. The molecule has 0 aliphatic heterocycles. The van der Waals surface area contributed by atoms with Gasteiger partial charge in [0.15, 0.2) is 5.78 Å². The van der Waals surface area contributed by atoms with E-state index in [1.165, 1.54) is 5.56 Å². The molecule has 0 aliphatic carbocycles. The van der Waals surface area contributed by atoms with Gasteiger partial charge in [0.25, 0.3) is 0 Å². The van der Waals surface area contributed by atoms with Crippen LogP contribution < -0.4 is 5.73 Å². The first kappa shape index (κ1) is 13.3. The number of aliphatic carboxylic acids is 1. The molecule has 0 unspecified atom stereocenters. The van der Waals surface area contributed by atoms with E-state index in [9.17, 15) is 9.59 Å². The number of Topliss-reactive ketones (excluding diaryl/α,β-unsaturated/α-hetero) is 1. The monoisotopic (exact) mass is 209 g/mol. The molecule has 4 heteroatoms. The minimum absolute atomic E-state index is 0.125. The Kier molecular flexibility index (Phi) is 5.97. The van der Waals surface area contributed by atoms with Crippen LogP contribution in [-0.4, -0.2) is 23.4 Å².